The number of anilines is 2. The van der Waals surface area contributed by atoms with Crippen LogP contribution in [0.25, 0.3) is 0 Å². The molecule has 1 aromatic rings. The highest BCUT2D eigenvalue weighted by Gasteiger charge is 2.49. The number of aliphatic hydroxyl groups is 1. The molecule has 4 rings (SSSR count). The van der Waals surface area contributed by atoms with Gasteiger partial charge in [-0.3, -0.25) is 14.4 Å². The van der Waals surface area contributed by atoms with E-state index in [1.807, 2.05) is 0 Å². The number of carbonyl (C=O) groups is 4. The Morgan fingerprint density at radius 1 is 1.12 bits per heavy atom. The number of hydrogen-bond donors (Lipinski definition) is 1. The standard InChI is InChI=1S/C30H43N3O9/c1-29(2,3)42-28(38)31-16-20(24(34)21(17-31)26(36)40-7)25(35)33(18-9-10-18)19-11-12-23-22(15-19)32(13-8-14-39-6)27(37)30(4,5)41-23/h11-12,15,18,20-21,24,34H,8-10,13-14,16-17H2,1-7H3. The topological polar surface area (TPSA) is 135 Å². The smallest absolute Gasteiger partial charge is 0.410 e. The van der Waals surface area contributed by atoms with Crippen molar-refractivity contribution in [2.24, 2.45) is 11.8 Å². The second-order valence-corrected chi connectivity index (χ2v) is 12.6. The largest absolute Gasteiger partial charge is 0.476 e. The van der Waals surface area contributed by atoms with Gasteiger partial charge >= 0.3 is 12.1 Å². The second kappa shape index (κ2) is 12.1. The van der Waals surface area contributed by atoms with Gasteiger partial charge in [-0.2, -0.15) is 0 Å². The molecule has 3 amide bonds. The van der Waals surface area contributed by atoms with E-state index in [1.165, 1.54) is 12.0 Å². The van der Waals surface area contributed by atoms with Gasteiger partial charge in [0, 0.05) is 45.1 Å². The lowest BCUT2D eigenvalue weighted by Gasteiger charge is -2.42. The molecule has 1 N–H and O–H groups in total. The summed E-state index contributed by atoms with van der Waals surface area (Å²) in [6, 6.07) is 5.12. The van der Waals surface area contributed by atoms with E-state index in [9.17, 15) is 24.3 Å². The van der Waals surface area contributed by atoms with Crippen LogP contribution < -0.4 is 14.5 Å². The SMILES string of the molecule is COCCCN1C(=O)C(C)(C)Oc2ccc(N(C(=O)C3CN(C(=O)OC(C)(C)C)CC(C(=O)OC)C3O)C3CC3)cc21. The number of hydrogen-bond acceptors (Lipinski definition) is 9. The third kappa shape index (κ3) is 6.64. The number of aliphatic hydroxyl groups excluding tert-OH is 1. The minimum absolute atomic E-state index is 0.129. The number of fused-ring (bicyclic) bond motifs is 1. The molecular formula is C30H43N3O9. The average molecular weight is 590 g/mol. The van der Waals surface area contributed by atoms with Gasteiger partial charge in [0.05, 0.1) is 24.8 Å². The van der Waals surface area contributed by atoms with Gasteiger partial charge in [0.2, 0.25) is 5.91 Å². The van der Waals surface area contributed by atoms with Crippen molar-refractivity contribution >= 4 is 35.3 Å². The molecular weight excluding hydrogens is 546 g/mol. The van der Waals surface area contributed by atoms with E-state index < -0.39 is 47.1 Å². The van der Waals surface area contributed by atoms with Crippen LogP contribution in [0.1, 0.15) is 53.9 Å². The van der Waals surface area contributed by atoms with Crippen molar-refractivity contribution < 1.29 is 43.2 Å². The van der Waals surface area contributed by atoms with Gasteiger partial charge < -0.3 is 38.8 Å². The summed E-state index contributed by atoms with van der Waals surface area (Å²) in [6.45, 7) is 9.22. The fraction of sp³-hybridized carbons (Fsp3) is 0.667. The molecule has 42 heavy (non-hydrogen) atoms. The van der Waals surface area contributed by atoms with Crippen LogP contribution in [0.4, 0.5) is 16.2 Å². The molecule has 2 aliphatic heterocycles. The number of esters is 1. The molecule has 3 unspecified atom stereocenters. The van der Waals surface area contributed by atoms with Crippen LogP contribution >= 0.6 is 0 Å². The highest BCUT2D eigenvalue weighted by atomic mass is 16.6. The van der Waals surface area contributed by atoms with Crippen LogP contribution in [-0.4, -0.2) is 97.7 Å². The first-order valence-electron chi connectivity index (χ1n) is 14.4. The molecule has 2 fully saturated rings. The number of benzene rings is 1. The quantitative estimate of drug-likeness (QED) is 0.359. The normalized spacial score (nSPS) is 23.5. The molecule has 1 aliphatic carbocycles. The molecule has 2 heterocycles. The van der Waals surface area contributed by atoms with Crippen LogP contribution in [0.3, 0.4) is 0 Å². The molecule has 1 aromatic carbocycles. The lowest BCUT2D eigenvalue weighted by molar-refractivity contribution is -0.156. The summed E-state index contributed by atoms with van der Waals surface area (Å²) < 4.78 is 21.6. The van der Waals surface area contributed by atoms with E-state index in [0.29, 0.717) is 36.7 Å². The van der Waals surface area contributed by atoms with Gasteiger partial charge in [0.25, 0.3) is 5.91 Å². The van der Waals surface area contributed by atoms with E-state index in [-0.39, 0.29) is 25.0 Å². The van der Waals surface area contributed by atoms with Crippen LogP contribution in [0.15, 0.2) is 18.2 Å². The average Bonchev–Trinajstić information content (AvgIpc) is 3.75. The minimum Gasteiger partial charge on any atom is -0.476 e. The third-order valence-electron chi connectivity index (χ3n) is 7.65. The minimum atomic E-state index is -1.38. The first-order valence-corrected chi connectivity index (χ1v) is 14.4. The summed E-state index contributed by atoms with van der Waals surface area (Å²) >= 11 is 0. The monoisotopic (exact) mass is 589 g/mol. The Morgan fingerprint density at radius 2 is 1.79 bits per heavy atom. The van der Waals surface area contributed by atoms with Crippen molar-refractivity contribution in [3.63, 3.8) is 0 Å². The number of likely N-dealkylation sites (tertiary alicyclic amines) is 1. The van der Waals surface area contributed by atoms with Crippen LogP contribution in [0.2, 0.25) is 0 Å². The molecule has 0 spiro atoms. The summed E-state index contributed by atoms with van der Waals surface area (Å²) in [5.41, 5.74) is -0.781. The molecule has 3 aliphatic rings. The Hall–Kier alpha value is -3.38. The summed E-state index contributed by atoms with van der Waals surface area (Å²) in [4.78, 5) is 57.8. The number of piperidine rings is 1. The van der Waals surface area contributed by atoms with Crippen molar-refractivity contribution in [3.05, 3.63) is 18.2 Å². The highest BCUT2D eigenvalue weighted by molar-refractivity contribution is 6.04. The Kier molecular flexibility index (Phi) is 9.08. The number of nitrogens with zero attached hydrogens (tertiary/aromatic N) is 3. The third-order valence-corrected chi connectivity index (χ3v) is 7.65. The Bertz CT molecular complexity index is 1210. The Balaban J connectivity index is 1.68. The lowest BCUT2D eigenvalue weighted by Crippen LogP contribution is -2.59. The summed E-state index contributed by atoms with van der Waals surface area (Å²) in [7, 11) is 2.80. The zero-order valence-corrected chi connectivity index (χ0v) is 25.5. The van der Waals surface area contributed by atoms with E-state index in [4.69, 9.17) is 18.9 Å². The van der Waals surface area contributed by atoms with Gasteiger partial charge in [-0.1, -0.05) is 0 Å². The fourth-order valence-corrected chi connectivity index (χ4v) is 5.44. The van der Waals surface area contributed by atoms with E-state index in [0.717, 1.165) is 12.8 Å². The first kappa shape index (κ1) is 31.6. The summed E-state index contributed by atoms with van der Waals surface area (Å²) in [6.07, 6.45) is 0.0531. The number of rotatable bonds is 8. The van der Waals surface area contributed by atoms with Gasteiger partial charge in [-0.25, -0.2) is 4.79 Å². The molecule has 12 nitrogen and oxygen atoms in total. The van der Waals surface area contributed by atoms with Crippen LogP contribution in [-0.2, 0) is 28.6 Å². The predicted octanol–water partition coefficient (Wildman–Crippen LogP) is 2.74. The Labute approximate surface area is 246 Å². The number of carbonyl (C=O) groups excluding carboxylic acids is 4. The number of ether oxygens (including phenoxy) is 4. The summed E-state index contributed by atoms with van der Waals surface area (Å²) in [5.74, 6) is -3.07. The van der Waals surface area contributed by atoms with Crippen molar-refractivity contribution in [3.8, 4) is 5.75 Å². The molecule has 232 valence electrons. The van der Waals surface area contributed by atoms with Gasteiger partial charge in [-0.05, 0) is 72.1 Å². The molecule has 3 atom stereocenters. The van der Waals surface area contributed by atoms with Crippen molar-refractivity contribution in [2.75, 3.05) is 50.3 Å². The van der Waals surface area contributed by atoms with Crippen molar-refractivity contribution in [1.82, 2.24) is 4.90 Å². The molecule has 1 saturated heterocycles. The fourth-order valence-electron chi connectivity index (χ4n) is 5.44. The van der Waals surface area contributed by atoms with E-state index >= 15 is 0 Å². The maximum Gasteiger partial charge on any atom is 0.410 e. The molecule has 0 aromatic heterocycles. The van der Waals surface area contributed by atoms with Crippen molar-refractivity contribution in [2.45, 2.75) is 77.2 Å². The summed E-state index contributed by atoms with van der Waals surface area (Å²) in [5, 5.41) is 11.3. The maximum absolute atomic E-state index is 14.2. The lowest BCUT2D eigenvalue weighted by atomic mass is 9.84. The predicted molar refractivity (Wildman–Crippen MR) is 153 cm³/mol. The maximum atomic E-state index is 14.2. The van der Waals surface area contributed by atoms with E-state index in [2.05, 4.69) is 0 Å². The molecule has 0 bridgehead atoms. The first-order chi connectivity index (χ1) is 19.7. The zero-order valence-electron chi connectivity index (χ0n) is 25.5. The van der Waals surface area contributed by atoms with Gasteiger partial charge in [0.15, 0.2) is 5.60 Å². The van der Waals surface area contributed by atoms with E-state index in [1.54, 1.807) is 69.7 Å². The molecule has 1 saturated carbocycles. The Morgan fingerprint density at radius 3 is 2.38 bits per heavy atom. The van der Waals surface area contributed by atoms with Gasteiger partial charge in [-0.15, -0.1) is 0 Å². The highest BCUT2D eigenvalue weighted by Crippen LogP contribution is 2.43. The van der Waals surface area contributed by atoms with Gasteiger partial charge in [0.1, 0.15) is 17.3 Å². The molecule has 0 radical (unpaired) electrons. The van der Waals surface area contributed by atoms with Crippen LogP contribution in [0.5, 0.6) is 5.75 Å². The number of methoxy groups -OCH3 is 2. The van der Waals surface area contributed by atoms with Crippen LogP contribution in [0, 0.1) is 11.8 Å². The zero-order chi connectivity index (χ0) is 31.0. The second-order valence-electron chi connectivity index (χ2n) is 12.6. The van der Waals surface area contributed by atoms with Crippen molar-refractivity contribution in [1.29, 1.82) is 0 Å². The molecule has 12 heteroatoms. The number of amides is 3.